The van der Waals surface area contributed by atoms with E-state index in [2.05, 4.69) is 10.3 Å². The Hall–Kier alpha value is -2.90. The molecule has 2 aromatic carbocycles. The predicted molar refractivity (Wildman–Crippen MR) is 89.3 cm³/mol. The molecule has 1 heterocycles. The fourth-order valence-electron chi connectivity index (χ4n) is 2.83. The summed E-state index contributed by atoms with van der Waals surface area (Å²) in [7, 11) is 0. The average molecular weight is 363 g/mol. The van der Waals surface area contributed by atoms with Crippen molar-refractivity contribution >= 4 is 16.7 Å². The van der Waals surface area contributed by atoms with Crippen molar-refractivity contribution in [2.75, 3.05) is 5.32 Å². The number of alkyl halides is 4. The first-order valence-electron chi connectivity index (χ1n) is 7.94. The maximum absolute atomic E-state index is 13.2. The number of halogens is 4. The molecule has 2 atom stereocenters. The molecule has 26 heavy (non-hydrogen) atoms. The van der Waals surface area contributed by atoms with Crippen molar-refractivity contribution in [2.24, 2.45) is 0 Å². The fraction of sp³-hybridized carbons (Fsp3) is 0.222. The van der Waals surface area contributed by atoms with E-state index in [1.54, 1.807) is 30.3 Å². The molecule has 1 aliphatic carbocycles. The van der Waals surface area contributed by atoms with Crippen molar-refractivity contribution in [3.05, 3.63) is 64.6 Å². The minimum atomic E-state index is -4.55. The van der Waals surface area contributed by atoms with Crippen LogP contribution < -0.4 is 11.0 Å². The fourth-order valence-corrected chi connectivity index (χ4v) is 2.83. The van der Waals surface area contributed by atoms with E-state index in [0.29, 0.717) is 11.1 Å². The lowest BCUT2D eigenvalue weighted by Crippen LogP contribution is -2.24. The lowest BCUT2D eigenvalue weighted by atomic mass is 10.1. The van der Waals surface area contributed by atoms with Gasteiger partial charge in [0.15, 0.2) is 0 Å². The molecule has 8 heteroatoms. The molecule has 1 N–H and O–H groups in total. The van der Waals surface area contributed by atoms with Gasteiger partial charge in [-0.15, -0.1) is 0 Å². The summed E-state index contributed by atoms with van der Waals surface area (Å²) in [6.07, 6.45) is -5.31. The minimum absolute atomic E-state index is 0.0598. The van der Waals surface area contributed by atoms with Crippen molar-refractivity contribution in [2.45, 2.75) is 24.8 Å². The van der Waals surface area contributed by atoms with Crippen LogP contribution in [-0.4, -0.2) is 21.8 Å². The molecule has 0 radical (unpaired) electrons. The van der Waals surface area contributed by atoms with Crippen molar-refractivity contribution in [3.8, 4) is 5.69 Å². The van der Waals surface area contributed by atoms with Gasteiger partial charge in [-0.25, -0.2) is 9.18 Å². The zero-order chi connectivity index (χ0) is 18.5. The molecule has 0 saturated heterocycles. The van der Waals surface area contributed by atoms with Crippen LogP contribution in [0.15, 0.2) is 53.3 Å². The van der Waals surface area contributed by atoms with E-state index in [-0.39, 0.29) is 17.8 Å². The lowest BCUT2D eigenvalue weighted by Gasteiger charge is -2.15. The van der Waals surface area contributed by atoms with Gasteiger partial charge in [0, 0.05) is 11.8 Å². The first-order chi connectivity index (χ1) is 12.3. The van der Waals surface area contributed by atoms with Gasteiger partial charge in [-0.2, -0.15) is 18.2 Å². The van der Waals surface area contributed by atoms with Crippen molar-refractivity contribution in [3.63, 3.8) is 0 Å². The summed E-state index contributed by atoms with van der Waals surface area (Å²) < 4.78 is 53.8. The van der Waals surface area contributed by atoms with Gasteiger partial charge in [-0.05, 0) is 30.3 Å². The Morgan fingerprint density at radius 3 is 2.42 bits per heavy atom. The van der Waals surface area contributed by atoms with Crippen LogP contribution in [0.5, 0.6) is 0 Å². The van der Waals surface area contributed by atoms with Crippen LogP contribution in [0.2, 0.25) is 0 Å². The van der Waals surface area contributed by atoms with Crippen LogP contribution in [0.4, 0.5) is 23.4 Å². The molecular weight excluding hydrogens is 350 g/mol. The second-order valence-corrected chi connectivity index (χ2v) is 6.15. The summed E-state index contributed by atoms with van der Waals surface area (Å²) in [4.78, 5) is 16.5. The average Bonchev–Trinajstić information content (AvgIpc) is 3.29. The number of aromatic nitrogens is 2. The van der Waals surface area contributed by atoms with Gasteiger partial charge < -0.3 is 5.32 Å². The van der Waals surface area contributed by atoms with E-state index in [0.717, 1.165) is 16.7 Å². The van der Waals surface area contributed by atoms with Crippen LogP contribution >= 0.6 is 0 Å². The first-order valence-corrected chi connectivity index (χ1v) is 7.94. The molecule has 1 fully saturated rings. The molecule has 134 valence electrons. The first kappa shape index (κ1) is 16.6. The molecule has 0 bridgehead atoms. The predicted octanol–water partition coefficient (Wildman–Crippen LogP) is 3.93. The van der Waals surface area contributed by atoms with Gasteiger partial charge in [0.25, 0.3) is 0 Å². The molecule has 1 aliphatic rings. The second-order valence-electron chi connectivity index (χ2n) is 6.15. The SMILES string of the molecule is O=c1nc(N[C@H]2C[C@H]2F)c2ccc(C(F)(F)F)cc2n1-c1ccccc1. The summed E-state index contributed by atoms with van der Waals surface area (Å²) in [6.45, 7) is 0. The van der Waals surface area contributed by atoms with E-state index in [1.165, 1.54) is 6.07 Å². The molecule has 0 spiro atoms. The van der Waals surface area contributed by atoms with Gasteiger partial charge >= 0.3 is 11.9 Å². The van der Waals surface area contributed by atoms with Crippen molar-refractivity contribution < 1.29 is 17.6 Å². The number of anilines is 1. The Balaban J connectivity index is 1.98. The minimum Gasteiger partial charge on any atom is -0.364 e. The summed E-state index contributed by atoms with van der Waals surface area (Å²) in [5, 5.41) is 3.13. The van der Waals surface area contributed by atoms with Crippen molar-refractivity contribution in [1.29, 1.82) is 0 Å². The number of nitrogens with zero attached hydrogens (tertiary/aromatic N) is 2. The number of nitrogens with one attached hydrogen (secondary N) is 1. The molecule has 1 aromatic heterocycles. The number of hydrogen-bond acceptors (Lipinski definition) is 3. The van der Waals surface area contributed by atoms with E-state index >= 15 is 0 Å². The highest BCUT2D eigenvalue weighted by atomic mass is 19.4. The molecule has 0 unspecified atom stereocenters. The van der Waals surface area contributed by atoms with Gasteiger partial charge in [0.1, 0.15) is 12.0 Å². The highest BCUT2D eigenvalue weighted by Gasteiger charge is 2.38. The molecule has 4 nitrogen and oxygen atoms in total. The Bertz CT molecular complexity index is 1030. The van der Waals surface area contributed by atoms with Crippen LogP contribution in [-0.2, 0) is 6.18 Å². The molecule has 0 aliphatic heterocycles. The maximum atomic E-state index is 13.2. The van der Waals surface area contributed by atoms with E-state index < -0.39 is 29.6 Å². The smallest absolute Gasteiger partial charge is 0.364 e. The number of fused-ring (bicyclic) bond motifs is 1. The molecule has 0 amide bonds. The standard InChI is InChI=1S/C18H13F4N3O/c19-13-9-14(13)23-16-12-7-6-10(18(20,21)22)8-15(12)25(17(26)24-16)11-4-2-1-3-5-11/h1-8,13-14H,9H2,(H,23,24,26)/t13-,14+/m1/s1. The number of rotatable bonds is 3. The van der Waals surface area contributed by atoms with Crippen molar-refractivity contribution in [1.82, 2.24) is 9.55 Å². The highest BCUT2D eigenvalue weighted by Crippen LogP contribution is 2.35. The number of para-hydroxylation sites is 1. The molecule has 4 rings (SSSR count). The quantitative estimate of drug-likeness (QED) is 0.718. The normalized spacial score (nSPS) is 19.5. The molecular formula is C18H13F4N3O. The Kier molecular flexibility index (Phi) is 3.71. The third kappa shape index (κ3) is 2.91. The van der Waals surface area contributed by atoms with Crippen LogP contribution in [0.3, 0.4) is 0 Å². The Labute approximate surface area is 145 Å². The number of hydrogen-bond donors (Lipinski definition) is 1. The molecule has 1 saturated carbocycles. The Morgan fingerprint density at radius 2 is 1.81 bits per heavy atom. The third-order valence-corrected chi connectivity index (χ3v) is 4.27. The second kappa shape index (κ2) is 5.82. The van der Waals surface area contributed by atoms with Crippen LogP contribution in [0.1, 0.15) is 12.0 Å². The topological polar surface area (TPSA) is 46.9 Å². The summed E-state index contributed by atoms with van der Waals surface area (Å²) in [5.74, 6) is 0.0936. The lowest BCUT2D eigenvalue weighted by molar-refractivity contribution is -0.137. The summed E-state index contributed by atoms with van der Waals surface area (Å²) in [5.41, 5.74) is -1.15. The van der Waals surface area contributed by atoms with E-state index in [1.807, 2.05) is 0 Å². The van der Waals surface area contributed by atoms with Gasteiger partial charge in [-0.1, -0.05) is 18.2 Å². The van der Waals surface area contributed by atoms with Gasteiger partial charge in [-0.3, -0.25) is 4.57 Å². The monoisotopic (exact) mass is 363 g/mol. The Morgan fingerprint density at radius 1 is 1.12 bits per heavy atom. The highest BCUT2D eigenvalue weighted by molar-refractivity contribution is 5.91. The third-order valence-electron chi connectivity index (χ3n) is 4.27. The van der Waals surface area contributed by atoms with E-state index in [4.69, 9.17) is 0 Å². The van der Waals surface area contributed by atoms with Crippen LogP contribution in [0.25, 0.3) is 16.6 Å². The summed E-state index contributed by atoms with van der Waals surface area (Å²) >= 11 is 0. The number of benzene rings is 2. The zero-order valence-electron chi connectivity index (χ0n) is 13.3. The maximum Gasteiger partial charge on any atom is 0.416 e. The largest absolute Gasteiger partial charge is 0.416 e. The van der Waals surface area contributed by atoms with Crippen LogP contribution in [0, 0.1) is 0 Å². The van der Waals surface area contributed by atoms with Gasteiger partial charge in [0.05, 0.1) is 22.8 Å². The zero-order valence-corrected chi connectivity index (χ0v) is 13.3. The molecule has 3 aromatic rings. The summed E-state index contributed by atoms with van der Waals surface area (Å²) in [6, 6.07) is 10.9. The van der Waals surface area contributed by atoms with Gasteiger partial charge in [0.2, 0.25) is 0 Å². The van der Waals surface area contributed by atoms with E-state index in [9.17, 15) is 22.4 Å².